The maximum Gasteiger partial charge on any atom is 0.341 e. The highest BCUT2D eigenvalue weighted by molar-refractivity contribution is 5.80. The summed E-state index contributed by atoms with van der Waals surface area (Å²) >= 11 is 0. The quantitative estimate of drug-likeness (QED) is 0.386. The Morgan fingerprint density at radius 3 is 2.26 bits per heavy atom. The van der Waals surface area contributed by atoms with E-state index in [0.29, 0.717) is 18.1 Å². The van der Waals surface area contributed by atoms with E-state index in [-0.39, 0.29) is 12.5 Å². The molecule has 176 valence electrons. The number of amides is 1. The monoisotopic (exact) mass is 458 g/mol. The lowest BCUT2D eigenvalue weighted by Gasteiger charge is -2.28. The van der Waals surface area contributed by atoms with Gasteiger partial charge in [-0.3, -0.25) is 15.2 Å². The SMILES string of the molecule is O=C(O)COc1cccc2c1CCCC2CCCC(=O)NN(c1ccccc1)c1ccccc1. The summed E-state index contributed by atoms with van der Waals surface area (Å²) in [6.07, 6.45) is 5.10. The van der Waals surface area contributed by atoms with Crippen LogP contribution in [-0.4, -0.2) is 23.6 Å². The number of fused-ring (bicyclic) bond motifs is 1. The molecule has 0 spiro atoms. The molecule has 4 rings (SSSR count). The highest BCUT2D eigenvalue weighted by atomic mass is 16.5. The largest absolute Gasteiger partial charge is 0.482 e. The molecular weight excluding hydrogens is 428 g/mol. The van der Waals surface area contributed by atoms with E-state index in [0.717, 1.165) is 49.0 Å². The van der Waals surface area contributed by atoms with Gasteiger partial charge in [-0.2, -0.15) is 0 Å². The molecule has 3 aromatic carbocycles. The van der Waals surface area contributed by atoms with Crippen LogP contribution in [0.2, 0.25) is 0 Å². The third-order valence-corrected chi connectivity index (χ3v) is 6.16. The molecule has 0 heterocycles. The number of para-hydroxylation sites is 2. The number of hydrazine groups is 1. The summed E-state index contributed by atoms with van der Waals surface area (Å²) in [6.45, 7) is -0.333. The highest BCUT2D eigenvalue weighted by Crippen LogP contribution is 2.39. The number of benzene rings is 3. The molecule has 0 saturated carbocycles. The van der Waals surface area contributed by atoms with Gasteiger partial charge in [-0.05, 0) is 79.5 Å². The Balaban J connectivity index is 1.37. The molecule has 6 heteroatoms. The smallest absolute Gasteiger partial charge is 0.341 e. The van der Waals surface area contributed by atoms with Gasteiger partial charge in [-0.15, -0.1) is 0 Å². The minimum atomic E-state index is -0.976. The van der Waals surface area contributed by atoms with Crippen molar-refractivity contribution < 1.29 is 19.4 Å². The Kier molecular flexibility index (Phi) is 7.81. The van der Waals surface area contributed by atoms with Gasteiger partial charge < -0.3 is 9.84 Å². The van der Waals surface area contributed by atoms with E-state index in [1.165, 1.54) is 5.56 Å². The van der Waals surface area contributed by atoms with E-state index in [4.69, 9.17) is 9.84 Å². The molecule has 0 bridgehead atoms. The fraction of sp³-hybridized carbons (Fsp3) is 0.286. The maximum atomic E-state index is 12.9. The van der Waals surface area contributed by atoms with Crippen molar-refractivity contribution in [1.82, 2.24) is 5.43 Å². The van der Waals surface area contributed by atoms with Crippen molar-refractivity contribution in [2.75, 3.05) is 11.6 Å². The maximum absolute atomic E-state index is 12.9. The van der Waals surface area contributed by atoms with E-state index >= 15 is 0 Å². The Morgan fingerprint density at radius 1 is 0.941 bits per heavy atom. The van der Waals surface area contributed by atoms with Gasteiger partial charge in [0, 0.05) is 6.42 Å². The van der Waals surface area contributed by atoms with Crippen molar-refractivity contribution in [3.8, 4) is 5.75 Å². The van der Waals surface area contributed by atoms with Gasteiger partial charge in [0.1, 0.15) is 5.75 Å². The molecule has 34 heavy (non-hydrogen) atoms. The van der Waals surface area contributed by atoms with Crippen molar-refractivity contribution in [3.63, 3.8) is 0 Å². The van der Waals surface area contributed by atoms with Crippen molar-refractivity contribution in [2.24, 2.45) is 0 Å². The van der Waals surface area contributed by atoms with E-state index in [1.54, 1.807) is 0 Å². The molecule has 0 fully saturated rings. The van der Waals surface area contributed by atoms with Crippen LogP contribution in [0.5, 0.6) is 5.75 Å². The first kappa shape index (κ1) is 23.4. The Hall–Kier alpha value is -3.80. The van der Waals surface area contributed by atoms with Crippen LogP contribution in [-0.2, 0) is 16.0 Å². The number of ether oxygens (including phenoxy) is 1. The van der Waals surface area contributed by atoms with Gasteiger partial charge in [0.25, 0.3) is 0 Å². The zero-order valence-corrected chi connectivity index (χ0v) is 19.2. The van der Waals surface area contributed by atoms with E-state index in [2.05, 4.69) is 11.5 Å². The number of nitrogens with one attached hydrogen (secondary N) is 1. The van der Waals surface area contributed by atoms with Crippen molar-refractivity contribution in [3.05, 3.63) is 90.0 Å². The standard InChI is InChI=1S/C28H30N2O4/c31-27(29-30(22-12-3-1-4-13-22)23-14-5-2-6-15-23)19-8-11-21-10-7-17-25-24(21)16-9-18-26(25)34-20-28(32)33/h1-6,9,12-16,18,21H,7-8,10-11,17,19-20H2,(H,29,31)(H,32,33). The first-order valence-corrected chi connectivity index (χ1v) is 11.8. The van der Waals surface area contributed by atoms with Crippen molar-refractivity contribution >= 4 is 23.3 Å². The summed E-state index contributed by atoms with van der Waals surface area (Å²) in [5.41, 5.74) is 7.20. The Bertz CT molecular complexity index is 1060. The van der Waals surface area contributed by atoms with Crippen molar-refractivity contribution in [1.29, 1.82) is 0 Å². The van der Waals surface area contributed by atoms with Crippen LogP contribution >= 0.6 is 0 Å². The first-order valence-electron chi connectivity index (χ1n) is 11.8. The molecule has 1 unspecified atom stereocenters. The van der Waals surface area contributed by atoms with Crippen LogP contribution in [0, 0.1) is 0 Å². The van der Waals surface area contributed by atoms with Crippen LogP contribution in [0.15, 0.2) is 78.9 Å². The minimum absolute atomic E-state index is 0.0257. The Morgan fingerprint density at radius 2 is 1.62 bits per heavy atom. The van der Waals surface area contributed by atoms with Crippen LogP contribution in [0.3, 0.4) is 0 Å². The van der Waals surface area contributed by atoms with E-state index < -0.39 is 5.97 Å². The lowest BCUT2D eigenvalue weighted by molar-refractivity contribution is -0.139. The normalized spacial score (nSPS) is 14.6. The second-order valence-corrected chi connectivity index (χ2v) is 8.53. The number of hydrogen-bond donors (Lipinski definition) is 2. The number of carboxylic acids is 1. The van der Waals surface area contributed by atoms with Gasteiger partial charge in [-0.25, -0.2) is 4.79 Å². The van der Waals surface area contributed by atoms with Gasteiger partial charge in [0.15, 0.2) is 6.61 Å². The number of aliphatic carboxylic acids is 1. The number of carboxylic acid groups (broad SMARTS) is 1. The zero-order valence-electron chi connectivity index (χ0n) is 19.2. The zero-order chi connectivity index (χ0) is 23.8. The number of hydrogen-bond acceptors (Lipinski definition) is 4. The lowest BCUT2D eigenvalue weighted by Crippen LogP contribution is -2.38. The second-order valence-electron chi connectivity index (χ2n) is 8.53. The van der Waals surface area contributed by atoms with E-state index in [1.807, 2.05) is 77.8 Å². The number of carbonyl (C=O) groups excluding carboxylic acids is 1. The average Bonchev–Trinajstić information content (AvgIpc) is 2.87. The van der Waals surface area contributed by atoms with Crippen LogP contribution < -0.4 is 15.2 Å². The molecular formula is C28H30N2O4. The lowest BCUT2D eigenvalue weighted by atomic mass is 9.80. The summed E-state index contributed by atoms with van der Waals surface area (Å²) in [5.74, 6) is 0.0197. The number of carbonyl (C=O) groups is 2. The molecule has 1 aliphatic rings. The fourth-order valence-electron chi connectivity index (χ4n) is 4.61. The second kappa shape index (κ2) is 11.4. The number of nitrogens with zero attached hydrogens (tertiary/aromatic N) is 1. The van der Waals surface area contributed by atoms with E-state index in [9.17, 15) is 9.59 Å². The molecule has 1 amide bonds. The van der Waals surface area contributed by atoms with Crippen LogP contribution in [0.4, 0.5) is 11.4 Å². The summed E-state index contributed by atoms with van der Waals surface area (Å²) < 4.78 is 5.52. The molecule has 1 aliphatic carbocycles. The van der Waals surface area contributed by atoms with Crippen molar-refractivity contribution in [2.45, 2.75) is 44.4 Å². The summed E-state index contributed by atoms with van der Waals surface area (Å²) in [4.78, 5) is 23.8. The molecule has 3 aromatic rings. The summed E-state index contributed by atoms with van der Waals surface area (Å²) in [7, 11) is 0. The highest BCUT2D eigenvalue weighted by Gasteiger charge is 2.23. The average molecular weight is 459 g/mol. The van der Waals surface area contributed by atoms with Gasteiger partial charge in [0.05, 0.1) is 11.4 Å². The van der Waals surface area contributed by atoms with Crippen LogP contribution in [0.1, 0.15) is 49.1 Å². The predicted molar refractivity (Wildman–Crippen MR) is 132 cm³/mol. The predicted octanol–water partition coefficient (Wildman–Crippen LogP) is 5.61. The molecule has 0 radical (unpaired) electrons. The number of rotatable bonds is 10. The third-order valence-electron chi connectivity index (χ3n) is 6.16. The number of anilines is 2. The van der Waals surface area contributed by atoms with Gasteiger partial charge in [0.2, 0.25) is 5.91 Å². The van der Waals surface area contributed by atoms with Gasteiger partial charge >= 0.3 is 5.97 Å². The summed E-state index contributed by atoms with van der Waals surface area (Å²) in [6, 6.07) is 25.5. The Labute approximate surface area is 200 Å². The first-order chi connectivity index (χ1) is 16.6. The molecule has 2 N–H and O–H groups in total. The topological polar surface area (TPSA) is 78.9 Å². The molecule has 0 aromatic heterocycles. The van der Waals surface area contributed by atoms with Crippen LogP contribution in [0.25, 0.3) is 0 Å². The minimum Gasteiger partial charge on any atom is -0.482 e. The fourth-order valence-corrected chi connectivity index (χ4v) is 4.61. The molecule has 6 nitrogen and oxygen atoms in total. The summed E-state index contributed by atoms with van der Waals surface area (Å²) in [5, 5.41) is 10.8. The molecule has 1 atom stereocenters. The molecule has 0 saturated heterocycles. The molecule has 0 aliphatic heterocycles. The van der Waals surface area contributed by atoms with Gasteiger partial charge in [-0.1, -0.05) is 48.5 Å². The third kappa shape index (κ3) is 5.95.